The highest BCUT2D eigenvalue weighted by Gasteiger charge is 2.11. The van der Waals surface area contributed by atoms with E-state index in [1.807, 2.05) is 40.9 Å². The number of hydrogen-bond acceptors (Lipinski definition) is 3. The maximum Gasteiger partial charge on any atom is 0.215 e. The number of hydrogen-bond donors (Lipinski definition) is 1. The molecule has 0 amide bonds. The SMILES string of the molecule is Fc1ccc2[nH]c(Cc3cn4c(-c5cc(Cl)cc(Cl)c5)cccc4n3)nc2n1. The number of benzene rings is 1. The number of H-pyrrole nitrogens is 1. The van der Waals surface area contributed by atoms with E-state index < -0.39 is 5.95 Å². The fraction of sp³-hybridized carbons (Fsp3) is 0.0500. The van der Waals surface area contributed by atoms with Gasteiger partial charge in [-0.15, -0.1) is 0 Å². The first-order chi connectivity index (χ1) is 13.5. The highest BCUT2D eigenvalue weighted by Crippen LogP contribution is 2.28. The molecular formula is C20H12Cl2FN5. The van der Waals surface area contributed by atoms with Gasteiger partial charge in [0.05, 0.1) is 16.9 Å². The van der Waals surface area contributed by atoms with Gasteiger partial charge in [0.15, 0.2) is 5.65 Å². The number of rotatable bonds is 3. The first-order valence-electron chi connectivity index (χ1n) is 8.50. The third-order valence-corrected chi connectivity index (χ3v) is 4.85. The van der Waals surface area contributed by atoms with Crippen molar-refractivity contribution in [1.29, 1.82) is 0 Å². The molecule has 0 aliphatic heterocycles. The minimum atomic E-state index is -0.553. The smallest absolute Gasteiger partial charge is 0.215 e. The van der Waals surface area contributed by atoms with Crippen LogP contribution >= 0.6 is 23.2 Å². The van der Waals surface area contributed by atoms with Crippen molar-refractivity contribution in [3.63, 3.8) is 0 Å². The molecule has 5 aromatic rings. The zero-order valence-electron chi connectivity index (χ0n) is 14.3. The summed E-state index contributed by atoms with van der Waals surface area (Å²) >= 11 is 12.3. The number of nitrogens with zero attached hydrogens (tertiary/aromatic N) is 4. The molecule has 5 rings (SSSR count). The molecule has 0 bridgehead atoms. The second-order valence-electron chi connectivity index (χ2n) is 6.40. The van der Waals surface area contributed by atoms with Crippen LogP contribution in [0, 0.1) is 5.95 Å². The highest BCUT2D eigenvalue weighted by atomic mass is 35.5. The van der Waals surface area contributed by atoms with Gasteiger partial charge in [-0.2, -0.15) is 9.37 Å². The summed E-state index contributed by atoms with van der Waals surface area (Å²) in [6.07, 6.45) is 2.41. The van der Waals surface area contributed by atoms with E-state index in [-0.39, 0.29) is 0 Å². The van der Waals surface area contributed by atoms with Crippen LogP contribution in [0.4, 0.5) is 4.39 Å². The van der Waals surface area contributed by atoms with Crippen LogP contribution in [0.25, 0.3) is 28.1 Å². The lowest BCUT2D eigenvalue weighted by Crippen LogP contribution is -1.91. The summed E-state index contributed by atoms with van der Waals surface area (Å²) < 4.78 is 15.3. The first-order valence-corrected chi connectivity index (χ1v) is 9.25. The lowest BCUT2D eigenvalue weighted by Gasteiger charge is -2.06. The maximum atomic E-state index is 13.3. The molecule has 138 valence electrons. The lowest BCUT2D eigenvalue weighted by molar-refractivity contribution is 0.588. The fourth-order valence-electron chi connectivity index (χ4n) is 3.26. The van der Waals surface area contributed by atoms with Gasteiger partial charge in [0.25, 0.3) is 0 Å². The topological polar surface area (TPSA) is 58.9 Å². The molecule has 0 aliphatic rings. The summed E-state index contributed by atoms with van der Waals surface area (Å²) in [5.41, 5.74) is 4.48. The number of pyridine rings is 2. The van der Waals surface area contributed by atoms with E-state index in [4.69, 9.17) is 23.2 Å². The largest absolute Gasteiger partial charge is 0.340 e. The molecule has 0 atom stereocenters. The van der Waals surface area contributed by atoms with Gasteiger partial charge in [0, 0.05) is 28.2 Å². The van der Waals surface area contributed by atoms with E-state index in [0.29, 0.717) is 33.5 Å². The third kappa shape index (κ3) is 3.10. The summed E-state index contributed by atoms with van der Waals surface area (Å²) in [6.45, 7) is 0. The molecule has 0 aliphatic carbocycles. The molecule has 4 aromatic heterocycles. The molecule has 8 heteroatoms. The lowest BCUT2D eigenvalue weighted by atomic mass is 10.1. The van der Waals surface area contributed by atoms with Gasteiger partial charge in [0.1, 0.15) is 11.5 Å². The molecule has 5 nitrogen and oxygen atoms in total. The quantitative estimate of drug-likeness (QED) is 0.409. The van der Waals surface area contributed by atoms with Crippen molar-refractivity contribution < 1.29 is 4.39 Å². The molecular weight excluding hydrogens is 400 g/mol. The van der Waals surface area contributed by atoms with Crippen LogP contribution in [-0.4, -0.2) is 24.3 Å². The number of nitrogens with one attached hydrogen (secondary N) is 1. The minimum absolute atomic E-state index is 0.355. The number of imidazole rings is 2. The van der Waals surface area contributed by atoms with E-state index in [0.717, 1.165) is 22.6 Å². The van der Waals surface area contributed by atoms with Crippen LogP contribution in [-0.2, 0) is 6.42 Å². The van der Waals surface area contributed by atoms with Crippen LogP contribution in [0.5, 0.6) is 0 Å². The normalized spacial score (nSPS) is 11.5. The molecule has 0 radical (unpaired) electrons. The molecule has 0 spiro atoms. The maximum absolute atomic E-state index is 13.3. The Morgan fingerprint density at radius 2 is 1.79 bits per heavy atom. The number of aromatic nitrogens is 5. The average molecular weight is 412 g/mol. The molecule has 1 aromatic carbocycles. The van der Waals surface area contributed by atoms with Gasteiger partial charge in [-0.25, -0.2) is 9.97 Å². The Kier molecular flexibility index (Phi) is 4.03. The average Bonchev–Trinajstić information content (AvgIpc) is 3.23. The predicted molar refractivity (Wildman–Crippen MR) is 107 cm³/mol. The van der Waals surface area contributed by atoms with Crippen molar-refractivity contribution in [2.24, 2.45) is 0 Å². The van der Waals surface area contributed by atoms with Crippen molar-refractivity contribution >= 4 is 40.0 Å². The Bertz CT molecular complexity index is 1320. The Balaban J connectivity index is 1.56. The monoisotopic (exact) mass is 411 g/mol. The number of halogens is 3. The van der Waals surface area contributed by atoms with Gasteiger partial charge >= 0.3 is 0 Å². The Hall–Kier alpha value is -2.96. The molecule has 0 saturated carbocycles. The Labute approximate surface area is 168 Å². The van der Waals surface area contributed by atoms with Crippen molar-refractivity contribution in [2.45, 2.75) is 6.42 Å². The van der Waals surface area contributed by atoms with Gasteiger partial charge in [-0.3, -0.25) is 4.40 Å². The van der Waals surface area contributed by atoms with Crippen LogP contribution in [0.2, 0.25) is 10.0 Å². The Morgan fingerprint density at radius 3 is 2.61 bits per heavy atom. The fourth-order valence-corrected chi connectivity index (χ4v) is 3.78. The summed E-state index contributed by atoms with van der Waals surface area (Å²) in [7, 11) is 0. The highest BCUT2D eigenvalue weighted by molar-refractivity contribution is 6.35. The van der Waals surface area contributed by atoms with Crippen LogP contribution in [0.15, 0.2) is 54.7 Å². The van der Waals surface area contributed by atoms with Crippen LogP contribution in [0.1, 0.15) is 11.5 Å². The van der Waals surface area contributed by atoms with E-state index >= 15 is 0 Å². The van der Waals surface area contributed by atoms with Gasteiger partial charge < -0.3 is 4.98 Å². The van der Waals surface area contributed by atoms with Crippen molar-refractivity contribution in [1.82, 2.24) is 24.3 Å². The molecule has 4 heterocycles. The Morgan fingerprint density at radius 1 is 0.964 bits per heavy atom. The molecule has 0 saturated heterocycles. The van der Waals surface area contributed by atoms with Gasteiger partial charge in [-0.05, 0) is 42.5 Å². The zero-order valence-corrected chi connectivity index (χ0v) is 15.8. The molecule has 1 N–H and O–H groups in total. The summed E-state index contributed by atoms with van der Waals surface area (Å²) in [5.74, 6) is 0.118. The number of aromatic amines is 1. The van der Waals surface area contributed by atoms with Crippen molar-refractivity contribution in [2.75, 3.05) is 0 Å². The summed E-state index contributed by atoms with van der Waals surface area (Å²) in [6, 6.07) is 14.2. The molecule has 0 unspecified atom stereocenters. The minimum Gasteiger partial charge on any atom is -0.340 e. The van der Waals surface area contributed by atoms with Crippen molar-refractivity contribution in [3.8, 4) is 11.3 Å². The predicted octanol–water partition coefficient (Wildman–Crippen LogP) is 5.31. The van der Waals surface area contributed by atoms with E-state index in [1.165, 1.54) is 6.07 Å². The van der Waals surface area contributed by atoms with E-state index in [9.17, 15) is 4.39 Å². The summed E-state index contributed by atoms with van der Waals surface area (Å²) in [5, 5.41) is 1.14. The standard InChI is InChI=1S/C20H12Cl2FN5/c21-12-6-11(7-13(22)8-12)16-2-1-3-19-24-14(10-28(16)19)9-18-25-15-4-5-17(23)26-20(15)27-18/h1-8,10H,9H2,(H,25,26,27). The summed E-state index contributed by atoms with van der Waals surface area (Å²) in [4.78, 5) is 16.0. The van der Waals surface area contributed by atoms with Crippen molar-refractivity contribution in [3.05, 3.63) is 82.2 Å². The first kappa shape index (κ1) is 17.2. The van der Waals surface area contributed by atoms with Gasteiger partial charge in [0.2, 0.25) is 5.95 Å². The molecule has 28 heavy (non-hydrogen) atoms. The van der Waals surface area contributed by atoms with Crippen LogP contribution < -0.4 is 0 Å². The second kappa shape index (κ2) is 6.58. The second-order valence-corrected chi connectivity index (χ2v) is 7.27. The molecule has 0 fully saturated rings. The van der Waals surface area contributed by atoms with E-state index in [1.54, 1.807) is 12.1 Å². The van der Waals surface area contributed by atoms with Crippen LogP contribution in [0.3, 0.4) is 0 Å². The number of fused-ring (bicyclic) bond motifs is 2. The zero-order chi connectivity index (χ0) is 19.3. The third-order valence-electron chi connectivity index (χ3n) is 4.41. The van der Waals surface area contributed by atoms with E-state index in [2.05, 4.69) is 19.9 Å². The van der Waals surface area contributed by atoms with Gasteiger partial charge in [-0.1, -0.05) is 29.3 Å².